The minimum atomic E-state index is -0.442. The Labute approximate surface area is 149 Å². The summed E-state index contributed by atoms with van der Waals surface area (Å²) in [5.74, 6) is 0.0285. The fraction of sp³-hybridized carbons (Fsp3) is 0.579. The molecule has 1 aliphatic heterocycles. The molecule has 6 nitrogen and oxygen atoms in total. The maximum Gasteiger partial charge on any atom is 0.321 e. The van der Waals surface area contributed by atoms with Crippen LogP contribution in [0, 0.1) is 0 Å². The highest BCUT2D eigenvalue weighted by atomic mass is 16.3. The van der Waals surface area contributed by atoms with E-state index >= 15 is 0 Å². The van der Waals surface area contributed by atoms with E-state index in [0.29, 0.717) is 24.3 Å². The van der Waals surface area contributed by atoms with E-state index in [1.165, 1.54) is 0 Å². The van der Waals surface area contributed by atoms with Crippen molar-refractivity contribution >= 4 is 17.6 Å². The van der Waals surface area contributed by atoms with Crippen LogP contribution in [-0.4, -0.2) is 59.1 Å². The van der Waals surface area contributed by atoms with Gasteiger partial charge in [-0.3, -0.25) is 4.79 Å². The number of likely N-dealkylation sites (tertiary alicyclic amines) is 1. The maximum absolute atomic E-state index is 12.5. The molecule has 25 heavy (non-hydrogen) atoms. The van der Waals surface area contributed by atoms with Crippen LogP contribution >= 0.6 is 0 Å². The highest BCUT2D eigenvalue weighted by Gasteiger charge is 2.22. The summed E-state index contributed by atoms with van der Waals surface area (Å²) in [7, 11) is 0. The van der Waals surface area contributed by atoms with Crippen molar-refractivity contribution in [2.24, 2.45) is 0 Å². The van der Waals surface area contributed by atoms with Crippen LogP contribution in [0.1, 0.15) is 49.9 Å². The molecule has 1 fully saturated rings. The van der Waals surface area contributed by atoms with Gasteiger partial charge >= 0.3 is 6.03 Å². The molecule has 6 heteroatoms. The first-order valence-electron chi connectivity index (χ1n) is 9.18. The fourth-order valence-electron chi connectivity index (χ4n) is 3.08. The predicted molar refractivity (Wildman–Crippen MR) is 98.8 cm³/mol. The molecule has 0 spiro atoms. The number of carbonyl (C=O) groups excluding carboxylic acids is 2. The SMILES string of the molecule is CCCN(CCC)C(=O)c1ccc(NC(=O)N2CCCC(O)C2)cc1. The Morgan fingerprint density at radius 3 is 2.40 bits per heavy atom. The van der Waals surface area contributed by atoms with Gasteiger partial charge in [-0.2, -0.15) is 0 Å². The van der Waals surface area contributed by atoms with E-state index in [2.05, 4.69) is 19.2 Å². The van der Waals surface area contributed by atoms with Crippen LogP contribution in [0.5, 0.6) is 0 Å². The molecule has 2 N–H and O–H groups in total. The number of amides is 3. The molecule has 0 aromatic heterocycles. The smallest absolute Gasteiger partial charge is 0.321 e. The number of nitrogens with one attached hydrogen (secondary N) is 1. The van der Waals surface area contributed by atoms with E-state index < -0.39 is 6.10 Å². The minimum absolute atomic E-state index is 0.0285. The summed E-state index contributed by atoms with van der Waals surface area (Å²) in [5.41, 5.74) is 1.28. The Morgan fingerprint density at radius 2 is 1.84 bits per heavy atom. The largest absolute Gasteiger partial charge is 0.391 e. The highest BCUT2D eigenvalue weighted by Crippen LogP contribution is 2.15. The molecule has 0 radical (unpaired) electrons. The summed E-state index contributed by atoms with van der Waals surface area (Å²) in [4.78, 5) is 28.3. The van der Waals surface area contributed by atoms with Crippen LogP contribution in [-0.2, 0) is 0 Å². The second-order valence-corrected chi connectivity index (χ2v) is 6.54. The first-order valence-corrected chi connectivity index (χ1v) is 9.18. The van der Waals surface area contributed by atoms with Gasteiger partial charge in [0.15, 0.2) is 0 Å². The molecule has 2 rings (SSSR count). The first kappa shape index (κ1) is 19.2. The number of benzene rings is 1. The third-order valence-electron chi connectivity index (χ3n) is 4.34. The molecule has 1 saturated heterocycles. The van der Waals surface area contributed by atoms with Crippen LogP contribution in [0.25, 0.3) is 0 Å². The van der Waals surface area contributed by atoms with Crippen LogP contribution in [0.15, 0.2) is 24.3 Å². The van der Waals surface area contributed by atoms with E-state index in [1.54, 1.807) is 29.2 Å². The van der Waals surface area contributed by atoms with Crippen molar-refractivity contribution in [1.82, 2.24) is 9.80 Å². The van der Waals surface area contributed by atoms with Crippen molar-refractivity contribution in [3.05, 3.63) is 29.8 Å². The summed E-state index contributed by atoms with van der Waals surface area (Å²) in [6.45, 7) is 6.65. The number of anilines is 1. The van der Waals surface area contributed by atoms with Gasteiger partial charge in [-0.1, -0.05) is 13.8 Å². The van der Waals surface area contributed by atoms with E-state index in [-0.39, 0.29) is 11.9 Å². The Hall–Kier alpha value is -2.08. The molecule has 3 amide bonds. The van der Waals surface area contributed by atoms with E-state index in [4.69, 9.17) is 0 Å². The van der Waals surface area contributed by atoms with E-state index in [9.17, 15) is 14.7 Å². The van der Waals surface area contributed by atoms with Crippen molar-refractivity contribution in [1.29, 1.82) is 0 Å². The van der Waals surface area contributed by atoms with Crippen molar-refractivity contribution in [2.75, 3.05) is 31.5 Å². The van der Waals surface area contributed by atoms with Gasteiger partial charge in [-0.15, -0.1) is 0 Å². The molecule has 1 heterocycles. The molecule has 0 saturated carbocycles. The monoisotopic (exact) mass is 347 g/mol. The zero-order chi connectivity index (χ0) is 18.2. The van der Waals surface area contributed by atoms with E-state index in [0.717, 1.165) is 38.8 Å². The number of hydrogen-bond acceptors (Lipinski definition) is 3. The Balaban J connectivity index is 1.96. The first-order chi connectivity index (χ1) is 12.0. The Bertz CT molecular complexity index is 568. The number of β-amino-alcohol motifs (C(OH)–C–C–N with tert-alkyl or cyclic N) is 1. The van der Waals surface area contributed by atoms with Gasteiger partial charge in [0.05, 0.1) is 6.10 Å². The lowest BCUT2D eigenvalue weighted by atomic mass is 10.1. The number of hydrogen-bond donors (Lipinski definition) is 2. The standard InChI is InChI=1S/C19H29N3O3/c1-3-11-21(12-4-2)18(24)15-7-9-16(10-8-15)20-19(25)22-13-5-6-17(23)14-22/h7-10,17,23H,3-6,11-14H2,1-2H3,(H,20,25). The molecule has 1 aliphatic rings. The van der Waals surface area contributed by atoms with Crippen LogP contribution < -0.4 is 5.32 Å². The van der Waals surface area contributed by atoms with Gasteiger partial charge in [0.25, 0.3) is 5.91 Å². The quantitative estimate of drug-likeness (QED) is 0.831. The normalized spacial score (nSPS) is 17.2. The van der Waals surface area contributed by atoms with Crippen molar-refractivity contribution in [2.45, 2.75) is 45.6 Å². The number of rotatable bonds is 6. The molecular weight excluding hydrogens is 318 g/mol. The molecular formula is C19H29N3O3. The lowest BCUT2D eigenvalue weighted by Gasteiger charge is -2.30. The number of aliphatic hydroxyl groups excluding tert-OH is 1. The minimum Gasteiger partial charge on any atom is -0.391 e. The molecule has 1 aromatic rings. The average molecular weight is 347 g/mol. The van der Waals surface area contributed by atoms with Gasteiger partial charge < -0.3 is 20.2 Å². The summed E-state index contributed by atoms with van der Waals surface area (Å²) >= 11 is 0. The topological polar surface area (TPSA) is 72.9 Å². The van der Waals surface area contributed by atoms with Crippen LogP contribution in [0.3, 0.4) is 0 Å². The number of carbonyl (C=O) groups is 2. The van der Waals surface area contributed by atoms with Gasteiger partial charge in [-0.05, 0) is 49.9 Å². The lowest BCUT2D eigenvalue weighted by Crippen LogP contribution is -2.44. The fourth-order valence-corrected chi connectivity index (χ4v) is 3.08. The third kappa shape index (κ3) is 5.46. The van der Waals surface area contributed by atoms with Crippen LogP contribution in [0.4, 0.5) is 10.5 Å². The van der Waals surface area contributed by atoms with Gasteiger partial charge in [-0.25, -0.2) is 4.79 Å². The zero-order valence-corrected chi connectivity index (χ0v) is 15.2. The van der Waals surface area contributed by atoms with Crippen molar-refractivity contribution < 1.29 is 14.7 Å². The molecule has 138 valence electrons. The van der Waals surface area contributed by atoms with Gasteiger partial charge in [0.1, 0.15) is 0 Å². The van der Waals surface area contributed by atoms with Gasteiger partial charge in [0, 0.05) is 37.4 Å². The van der Waals surface area contributed by atoms with E-state index in [1.807, 2.05) is 4.90 Å². The average Bonchev–Trinajstić information content (AvgIpc) is 2.61. The summed E-state index contributed by atoms with van der Waals surface area (Å²) in [5, 5.41) is 12.5. The number of urea groups is 1. The predicted octanol–water partition coefficient (Wildman–Crippen LogP) is 2.94. The third-order valence-corrected chi connectivity index (χ3v) is 4.34. The Morgan fingerprint density at radius 1 is 1.20 bits per heavy atom. The Kier molecular flexibility index (Phi) is 7.25. The summed E-state index contributed by atoms with van der Waals surface area (Å²) in [6.07, 6.45) is 2.98. The summed E-state index contributed by atoms with van der Waals surface area (Å²) in [6, 6.07) is 6.79. The second kappa shape index (κ2) is 9.42. The number of aliphatic hydroxyl groups is 1. The lowest BCUT2D eigenvalue weighted by molar-refractivity contribution is 0.0755. The molecule has 1 atom stereocenters. The highest BCUT2D eigenvalue weighted by molar-refractivity contribution is 5.95. The van der Waals surface area contributed by atoms with Crippen LogP contribution in [0.2, 0.25) is 0 Å². The number of nitrogens with zero attached hydrogens (tertiary/aromatic N) is 2. The maximum atomic E-state index is 12.5. The molecule has 0 aliphatic carbocycles. The van der Waals surface area contributed by atoms with Gasteiger partial charge in [0.2, 0.25) is 0 Å². The summed E-state index contributed by atoms with van der Waals surface area (Å²) < 4.78 is 0. The van der Waals surface area contributed by atoms with Crippen molar-refractivity contribution in [3.63, 3.8) is 0 Å². The second-order valence-electron chi connectivity index (χ2n) is 6.54. The van der Waals surface area contributed by atoms with Crippen molar-refractivity contribution in [3.8, 4) is 0 Å². The zero-order valence-electron chi connectivity index (χ0n) is 15.2. The molecule has 0 bridgehead atoms. The molecule has 1 unspecified atom stereocenters. The number of piperidine rings is 1. The molecule has 1 aromatic carbocycles.